The van der Waals surface area contributed by atoms with Gasteiger partial charge in [0.05, 0.1) is 0 Å². The summed E-state index contributed by atoms with van der Waals surface area (Å²) in [5.41, 5.74) is 13.8. The largest absolute Gasteiger partial charge is 0.478 e. The van der Waals surface area contributed by atoms with Crippen LogP contribution in [0.25, 0.3) is 30.4 Å². The van der Waals surface area contributed by atoms with Crippen LogP contribution in [-0.4, -0.2) is 26.0 Å². The van der Waals surface area contributed by atoms with Gasteiger partial charge in [0.15, 0.2) is 0 Å². The van der Waals surface area contributed by atoms with Crippen LogP contribution in [0.3, 0.4) is 0 Å². The zero-order valence-electron chi connectivity index (χ0n) is 24.2. The number of fused-ring (bicyclic) bond motifs is 11. The Bertz CT molecular complexity index is 1900. The fourth-order valence-corrected chi connectivity index (χ4v) is 6.48. The lowest BCUT2D eigenvalue weighted by Gasteiger charge is -2.36. The van der Waals surface area contributed by atoms with Gasteiger partial charge in [-0.25, -0.2) is 4.79 Å². The van der Waals surface area contributed by atoms with Gasteiger partial charge in [0.2, 0.25) is 0 Å². The van der Waals surface area contributed by atoms with Crippen LogP contribution < -0.4 is 16.0 Å². The monoisotopic (exact) mass is 532 g/mol. The van der Waals surface area contributed by atoms with Crippen LogP contribution in [0.1, 0.15) is 70.0 Å². The minimum absolute atomic E-state index is 0.246. The summed E-state index contributed by atoms with van der Waals surface area (Å²) in [5, 5.41) is 15.8. The number of allylic oxidation sites excluding steroid dienone is 4. The summed E-state index contributed by atoms with van der Waals surface area (Å²) in [5.74, 6) is -1.13. The predicted molar refractivity (Wildman–Crippen MR) is 163 cm³/mol. The van der Waals surface area contributed by atoms with E-state index >= 15 is 0 Å². The fourth-order valence-electron chi connectivity index (χ4n) is 6.48. The van der Waals surface area contributed by atoms with Gasteiger partial charge in [-0.15, -0.1) is 0 Å². The zero-order chi connectivity index (χ0) is 28.7. The van der Waals surface area contributed by atoms with Crippen molar-refractivity contribution in [3.63, 3.8) is 0 Å². The van der Waals surface area contributed by atoms with Gasteiger partial charge in [-0.2, -0.15) is 0 Å². The van der Waals surface area contributed by atoms with Crippen molar-refractivity contribution in [3.8, 4) is 0 Å². The summed E-state index contributed by atoms with van der Waals surface area (Å²) in [4.78, 5) is 23.1. The first-order valence-electron chi connectivity index (χ1n) is 13.7. The molecule has 2 unspecified atom stereocenters. The molecule has 1 saturated heterocycles. The molecule has 40 heavy (non-hydrogen) atoms. The molecule has 1 aliphatic carbocycles. The number of carboxylic acids is 1. The lowest BCUT2D eigenvalue weighted by molar-refractivity contribution is -0.133. The van der Waals surface area contributed by atoms with Crippen LogP contribution in [0.4, 0.5) is 0 Å². The SMILES string of the molecule is C=Cc1c2[nH]c(c1C)C=c1[nH]c(c(C)c1C)=Cc1[nH]c(c(C)c1C)C=C1NC(=C2)C2(C)C1=CC=C(C(=O)O)C2C. The van der Waals surface area contributed by atoms with E-state index in [1.807, 2.05) is 19.1 Å². The maximum atomic E-state index is 12.2. The summed E-state index contributed by atoms with van der Waals surface area (Å²) in [7, 11) is 0. The molecule has 6 rings (SSSR count). The van der Waals surface area contributed by atoms with Crippen molar-refractivity contribution in [3.05, 3.63) is 108 Å². The molecule has 0 radical (unpaired) electrons. The van der Waals surface area contributed by atoms with E-state index < -0.39 is 11.4 Å². The van der Waals surface area contributed by atoms with E-state index in [1.54, 1.807) is 6.08 Å². The summed E-state index contributed by atoms with van der Waals surface area (Å²) < 4.78 is 0. The van der Waals surface area contributed by atoms with Crippen molar-refractivity contribution in [2.75, 3.05) is 0 Å². The molecule has 2 atom stereocenters. The average Bonchev–Trinajstić information content (AvgIpc) is 3.54. The predicted octanol–water partition coefficient (Wildman–Crippen LogP) is 5.41. The third kappa shape index (κ3) is 3.52. The Morgan fingerprint density at radius 2 is 1.40 bits per heavy atom. The number of aliphatic carboxylic acids is 1. The van der Waals surface area contributed by atoms with Crippen LogP contribution in [0.5, 0.6) is 0 Å². The van der Waals surface area contributed by atoms with Crippen molar-refractivity contribution >= 4 is 36.3 Å². The maximum absolute atomic E-state index is 12.2. The van der Waals surface area contributed by atoms with Gasteiger partial charge in [0, 0.05) is 67.3 Å². The molecular formula is C34H36N4O2. The highest BCUT2D eigenvalue weighted by atomic mass is 16.4. The van der Waals surface area contributed by atoms with Crippen molar-refractivity contribution < 1.29 is 9.90 Å². The van der Waals surface area contributed by atoms with E-state index in [0.717, 1.165) is 61.6 Å². The van der Waals surface area contributed by atoms with Gasteiger partial charge in [0.1, 0.15) is 0 Å². The first kappa shape index (κ1) is 25.8. The Balaban J connectivity index is 1.72. The first-order valence-corrected chi connectivity index (χ1v) is 13.7. The molecule has 0 aromatic carbocycles. The minimum Gasteiger partial charge on any atom is -0.478 e. The molecule has 0 amide bonds. The summed E-state index contributed by atoms with van der Waals surface area (Å²) >= 11 is 0. The molecular weight excluding hydrogens is 496 g/mol. The molecule has 8 bridgehead atoms. The lowest BCUT2D eigenvalue weighted by atomic mass is 9.65. The lowest BCUT2D eigenvalue weighted by Crippen LogP contribution is -2.33. The van der Waals surface area contributed by atoms with Gasteiger partial charge >= 0.3 is 5.97 Å². The molecule has 0 spiro atoms. The molecule has 2 aliphatic heterocycles. The van der Waals surface area contributed by atoms with Crippen LogP contribution in [0, 0.1) is 46.0 Å². The molecule has 5 N–H and O–H groups in total. The van der Waals surface area contributed by atoms with Crippen LogP contribution in [0.15, 0.2) is 41.3 Å². The van der Waals surface area contributed by atoms with E-state index in [2.05, 4.69) is 92.7 Å². The Hall–Kier alpha value is -4.45. The second kappa shape index (κ2) is 8.78. The number of aromatic amines is 3. The summed E-state index contributed by atoms with van der Waals surface area (Å²) in [6, 6.07) is 0. The van der Waals surface area contributed by atoms with Crippen LogP contribution in [-0.2, 0) is 4.79 Å². The zero-order valence-corrected chi connectivity index (χ0v) is 24.2. The van der Waals surface area contributed by atoms with Crippen LogP contribution >= 0.6 is 0 Å². The molecule has 3 aliphatic rings. The number of aromatic nitrogens is 3. The number of carbonyl (C=O) groups is 1. The number of carboxylic acid groups (broad SMARTS) is 1. The van der Waals surface area contributed by atoms with E-state index in [9.17, 15) is 9.90 Å². The Morgan fingerprint density at radius 1 is 0.825 bits per heavy atom. The van der Waals surface area contributed by atoms with Gasteiger partial charge < -0.3 is 25.4 Å². The highest BCUT2D eigenvalue weighted by Crippen LogP contribution is 2.54. The number of rotatable bonds is 2. The second-order valence-corrected chi connectivity index (χ2v) is 11.6. The number of hydrogen-bond donors (Lipinski definition) is 5. The van der Waals surface area contributed by atoms with Gasteiger partial charge in [-0.1, -0.05) is 31.7 Å². The molecule has 0 saturated carbocycles. The maximum Gasteiger partial charge on any atom is 0.331 e. The standard InChI is InChI=1S/C34H36N4O2/c1-9-22-20(6)29-13-27-17(3)16(2)25(35-27)12-26-18(4)19(5)28(36-26)14-31-24-11-10-23(33(39)40)21(7)34(24,8)32(38-31)15-30(22)37-29/h9-15,21,35-38H,1H2,2-8H3,(H,39,40). The summed E-state index contributed by atoms with van der Waals surface area (Å²) in [6.45, 7) is 19.0. The number of hydrogen-bond acceptors (Lipinski definition) is 2. The van der Waals surface area contributed by atoms with Crippen molar-refractivity contribution in [2.45, 2.75) is 48.5 Å². The summed E-state index contributed by atoms with van der Waals surface area (Å²) in [6.07, 6.45) is 14.3. The van der Waals surface area contributed by atoms with E-state index in [-0.39, 0.29) is 5.92 Å². The second-order valence-electron chi connectivity index (χ2n) is 11.6. The molecule has 204 valence electrons. The Morgan fingerprint density at radius 3 is 2.00 bits per heavy atom. The number of H-pyrrole nitrogens is 3. The third-order valence-corrected chi connectivity index (χ3v) is 9.69. The average molecular weight is 533 g/mol. The van der Waals surface area contributed by atoms with E-state index in [4.69, 9.17) is 0 Å². The Labute approximate surface area is 234 Å². The molecule has 5 heterocycles. The van der Waals surface area contributed by atoms with Gasteiger partial charge in [0.25, 0.3) is 0 Å². The van der Waals surface area contributed by atoms with Gasteiger partial charge in [-0.3, -0.25) is 0 Å². The van der Waals surface area contributed by atoms with Crippen molar-refractivity contribution in [1.82, 2.24) is 20.3 Å². The minimum atomic E-state index is -0.884. The number of nitrogens with one attached hydrogen (secondary N) is 4. The van der Waals surface area contributed by atoms with Crippen molar-refractivity contribution in [1.29, 1.82) is 0 Å². The first-order chi connectivity index (χ1) is 18.9. The van der Waals surface area contributed by atoms with E-state index in [0.29, 0.717) is 5.57 Å². The van der Waals surface area contributed by atoms with Gasteiger partial charge in [-0.05, 0) is 99.2 Å². The Kier molecular flexibility index (Phi) is 5.67. The third-order valence-electron chi connectivity index (χ3n) is 9.69. The molecule has 3 aromatic rings. The molecule has 3 aromatic heterocycles. The smallest absolute Gasteiger partial charge is 0.331 e. The van der Waals surface area contributed by atoms with Crippen molar-refractivity contribution in [2.24, 2.45) is 11.3 Å². The molecule has 6 nitrogen and oxygen atoms in total. The molecule has 1 fully saturated rings. The fraction of sp³-hybridized carbons (Fsp3) is 0.265. The molecule has 6 heteroatoms. The van der Waals surface area contributed by atoms with Crippen LogP contribution in [0.2, 0.25) is 0 Å². The highest BCUT2D eigenvalue weighted by Gasteiger charge is 2.49. The normalized spacial score (nSPS) is 21.2. The van der Waals surface area contributed by atoms with E-state index in [1.165, 1.54) is 22.3 Å². The topological polar surface area (TPSA) is 96.7 Å². The quantitative estimate of drug-likeness (QED) is 0.306. The highest BCUT2D eigenvalue weighted by molar-refractivity contribution is 5.89.